The maximum absolute atomic E-state index is 10.3. The zero-order valence-corrected chi connectivity index (χ0v) is 8.44. The smallest absolute Gasteiger partial charge is 0.268 e. The molecular formula is C3H9NNaO3S. The SMILES string of the molecule is COS(=O)(=O)CCN.[Na]. The van der Waals surface area contributed by atoms with Crippen molar-refractivity contribution in [1.82, 2.24) is 0 Å². The Morgan fingerprint density at radius 1 is 1.56 bits per heavy atom. The molecule has 2 N–H and O–H groups in total. The van der Waals surface area contributed by atoms with Crippen molar-refractivity contribution in [2.75, 3.05) is 19.4 Å². The van der Waals surface area contributed by atoms with Crippen molar-refractivity contribution < 1.29 is 12.6 Å². The summed E-state index contributed by atoms with van der Waals surface area (Å²) >= 11 is 0. The van der Waals surface area contributed by atoms with Gasteiger partial charge in [-0.1, -0.05) is 0 Å². The fourth-order valence-electron chi connectivity index (χ4n) is 0.228. The van der Waals surface area contributed by atoms with E-state index in [0.717, 1.165) is 7.11 Å². The summed E-state index contributed by atoms with van der Waals surface area (Å²) in [5.74, 6) is -0.108. The van der Waals surface area contributed by atoms with Gasteiger partial charge in [-0.25, -0.2) is 0 Å². The average molecular weight is 162 g/mol. The van der Waals surface area contributed by atoms with E-state index in [1.807, 2.05) is 0 Å². The van der Waals surface area contributed by atoms with Crippen molar-refractivity contribution in [2.24, 2.45) is 5.73 Å². The maximum Gasteiger partial charge on any atom is 0.268 e. The van der Waals surface area contributed by atoms with Crippen molar-refractivity contribution >= 4 is 39.7 Å². The molecular weight excluding hydrogens is 153 g/mol. The molecule has 0 saturated heterocycles. The van der Waals surface area contributed by atoms with Gasteiger partial charge in [-0.05, 0) is 0 Å². The standard InChI is InChI=1S/C3H9NO3S.Na/c1-7-8(5,6)3-2-4;/h2-4H2,1H3;. The number of rotatable bonds is 3. The predicted octanol–water partition coefficient (Wildman–Crippen LogP) is -1.46. The third-order valence-corrected chi connectivity index (χ3v) is 1.87. The Hall–Kier alpha value is 0.870. The predicted molar refractivity (Wildman–Crippen MR) is 35.6 cm³/mol. The minimum atomic E-state index is -3.29. The van der Waals surface area contributed by atoms with Crippen LogP contribution in [0.25, 0.3) is 0 Å². The molecule has 0 aromatic rings. The molecule has 0 amide bonds. The summed E-state index contributed by atoms with van der Waals surface area (Å²) in [5, 5.41) is 0. The monoisotopic (exact) mass is 162 g/mol. The van der Waals surface area contributed by atoms with E-state index in [2.05, 4.69) is 4.18 Å². The third kappa shape index (κ3) is 6.76. The molecule has 0 aliphatic rings. The zero-order valence-electron chi connectivity index (χ0n) is 5.62. The van der Waals surface area contributed by atoms with Crippen LogP contribution in [-0.2, 0) is 14.3 Å². The molecule has 0 aliphatic heterocycles. The minimum Gasteiger partial charge on any atom is -0.329 e. The fourth-order valence-corrected chi connectivity index (χ4v) is 0.683. The first-order chi connectivity index (χ1) is 3.62. The first-order valence-corrected chi connectivity index (χ1v) is 3.68. The topological polar surface area (TPSA) is 69.4 Å². The van der Waals surface area contributed by atoms with Crippen LogP contribution in [0.1, 0.15) is 0 Å². The Labute approximate surface area is 77.2 Å². The second kappa shape index (κ2) is 5.64. The van der Waals surface area contributed by atoms with E-state index in [9.17, 15) is 8.42 Å². The van der Waals surface area contributed by atoms with Crippen molar-refractivity contribution in [3.05, 3.63) is 0 Å². The minimum absolute atomic E-state index is 0. The molecule has 0 unspecified atom stereocenters. The maximum atomic E-state index is 10.3. The quantitative estimate of drug-likeness (QED) is 0.407. The molecule has 0 rings (SSSR count). The molecule has 0 spiro atoms. The first-order valence-electron chi connectivity index (χ1n) is 2.11. The van der Waals surface area contributed by atoms with Gasteiger partial charge in [0.05, 0.1) is 12.9 Å². The van der Waals surface area contributed by atoms with E-state index in [0.29, 0.717) is 0 Å². The van der Waals surface area contributed by atoms with Gasteiger partial charge in [0.2, 0.25) is 0 Å². The van der Waals surface area contributed by atoms with E-state index in [4.69, 9.17) is 5.73 Å². The van der Waals surface area contributed by atoms with Gasteiger partial charge in [-0.2, -0.15) is 8.42 Å². The van der Waals surface area contributed by atoms with Crippen LogP contribution in [0.15, 0.2) is 0 Å². The summed E-state index contributed by atoms with van der Waals surface area (Å²) < 4.78 is 24.7. The van der Waals surface area contributed by atoms with Gasteiger partial charge in [-0.15, -0.1) is 0 Å². The summed E-state index contributed by atoms with van der Waals surface area (Å²) in [7, 11) is -2.18. The van der Waals surface area contributed by atoms with Crippen LogP contribution in [-0.4, -0.2) is 57.4 Å². The first kappa shape index (κ1) is 12.5. The van der Waals surface area contributed by atoms with E-state index >= 15 is 0 Å². The molecule has 0 saturated carbocycles. The Kier molecular flexibility index (Phi) is 7.86. The summed E-state index contributed by atoms with van der Waals surface area (Å²) in [5.41, 5.74) is 4.93. The third-order valence-electron chi connectivity index (χ3n) is 0.622. The molecule has 0 heterocycles. The second-order valence-corrected chi connectivity index (χ2v) is 3.07. The molecule has 6 heteroatoms. The van der Waals surface area contributed by atoms with Gasteiger partial charge >= 0.3 is 0 Å². The van der Waals surface area contributed by atoms with Crippen molar-refractivity contribution in [2.45, 2.75) is 0 Å². The van der Waals surface area contributed by atoms with Crippen LogP contribution < -0.4 is 5.73 Å². The molecule has 1 radical (unpaired) electrons. The molecule has 0 bridgehead atoms. The zero-order chi connectivity index (χ0) is 6.62. The molecule has 9 heavy (non-hydrogen) atoms. The van der Waals surface area contributed by atoms with Crippen LogP contribution in [0, 0.1) is 0 Å². The molecule has 0 aliphatic carbocycles. The van der Waals surface area contributed by atoms with Crippen LogP contribution in [0.4, 0.5) is 0 Å². The van der Waals surface area contributed by atoms with Gasteiger partial charge in [0, 0.05) is 36.1 Å². The van der Waals surface area contributed by atoms with Gasteiger partial charge in [-0.3, -0.25) is 4.18 Å². The molecule has 0 aromatic heterocycles. The Morgan fingerprint density at radius 2 is 2.00 bits per heavy atom. The van der Waals surface area contributed by atoms with Crippen LogP contribution in [0.3, 0.4) is 0 Å². The van der Waals surface area contributed by atoms with Crippen molar-refractivity contribution in [1.29, 1.82) is 0 Å². The van der Waals surface area contributed by atoms with Gasteiger partial charge in [0.15, 0.2) is 0 Å². The van der Waals surface area contributed by atoms with Gasteiger partial charge in [0.1, 0.15) is 0 Å². The molecule has 0 aromatic carbocycles. The summed E-state index contributed by atoms with van der Waals surface area (Å²) in [6.07, 6.45) is 0. The van der Waals surface area contributed by atoms with E-state index in [-0.39, 0.29) is 41.9 Å². The second-order valence-electron chi connectivity index (χ2n) is 1.22. The van der Waals surface area contributed by atoms with Crippen LogP contribution >= 0.6 is 0 Å². The Balaban J connectivity index is 0. The van der Waals surface area contributed by atoms with Crippen LogP contribution in [0.5, 0.6) is 0 Å². The van der Waals surface area contributed by atoms with Crippen molar-refractivity contribution in [3.63, 3.8) is 0 Å². The van der Waals surface area contributed by atoms with Crippen LogP contribution in [0.2, 0.25) is 0 Å². The van der Waals surface area contributed by atoms with E-state index in [1.165, 1.54) is 0 Å². The molecule has 51 valence electrons. The average Bonchev–Trinajstić information content (AvgIpc) is 1.67. The molecule has 0 atom stereocenters. The number of nitrogens with two attached hydrogens (primary N) is 1. The fraction of sp³-hybridized carbons (Fsp3) is 1.00. The largest absolute Gasteiger partial charge is 0.329 e. The Morgan fingerprint density at radius 3 is 2.11 bits per heavy atom. The van der Waals surface area contributed by atoms with E-state index < -0.39 is 10.1 Å². The molecule has 0 fully saturated rings. The Bertz CT molecular complexity index is 143. The molecule has 4 nitrogen and oxygen atoms in total. The summed E-state index contributed by atoms with van der Waals surface area (Å²) in [6.45, 7) is 0.107. The van der Waals surface area contributed by atoms with Gasteiger partial charge in [0.25, 0.3) is 10.1 Å². The summed E-state index contributed by atoms with van der Waals surface area (Å²) in [4.78, 5) is 0. The number of hydrogen-bond acceptors (Lipinski definition) is 4. The normalized spacial score (nSPS) is 10.4. The van der Waals surface area contributed by atoms with E-state index in [1.54, 1.807) is 0 Å². The summed E-state index contributed by atoms with van der Waals surface area (Å²) in [6, 6.07) is 0. The number of hydrogen-bond donors (Lipinski definition) is 1. The van der Waals surface area contributed by atoms with Crippen molar-refractivity contribution in [3.8, 4) is 0 Å². The van der Waals surface area contributed by atoms with Gasteiger partial charge < -0.3 is 5.73 Å².